The van der Waals surface area contributed by atoms with Gasteiger partial charge in [-0.2, -0.15) is 8.42 Å². The highest BCUT2D eigenvalue weighted by atomic mass is 32.2. The minimum Gasteiger partial charge on any atom is -0.282 e. The van der Waals surface area contributed by atoms with Crippen molar-refractivity contribution < 1.29 is 13.0 Å². The van der Waals surface area contributed by atoms with Crippen LogP contribution >= 0.6 is 0 Å². The maximum atomic E-state index is 11.7. The van der Waals surface area contributed by atoms with Gasteiger partial charge in [0.05, 0.1) is 4.90 Å². The summed E-state index contributed by atoms with van der Waals surface area (Å²) in [6, 6.07) is 3.51. The molecule has 0 atom stereocenters. The zero-order chi connectivity index (χ0) is 18.7. The van der Waals surface area contributed by atoms with Gasteiger partial charge in [0.1, 0.15) is 0 Å². The van der Waals surface area contributed by atoms with Gasteiger partial charge in [-0.3, -0.25) is 4.55 Å². The Balaban J connectivity index is 3.51. The van der Waals surface area contributed by atoms with Crippen LogP contribution in [0.15, 0.2) is 17.0 Å². The fraction of sp³-hybridized carbons (Fsp3) is 0.700. The summed E-state index contributed by atoms with van der Waals surface area (Å²) in [4.78, 5) is 0.0507. The Bertz CT molecular complexity index is 633. The van der Waals surface area contributed by atoms with Crippen molar-refractivity contribution in [3.05, 3.63) is 28.8 Å². The van der Waals surface area contributed by atoms with Crippen LogP contribution in [0.3, 0.4) is 0 Å². The highest BCUT2D eigenvalue weighted by molar-refractivity contribution is 7.85. The van der Waals surface area contributed by atoms with Crippen molar-refractivity contribution in [2.24, 2.45) is 17.8 Å². The van der Waals surface area contributed by atoms with Gasteiger partial charge in [-0.05, 0) is 72.6 Å². The molecule has 4 heteroatoms. The number of hydrogen-bond acceptors (Lipinski definition) is 2. The fourth-order valence-electron chi connectivity index (χ4n) is 3.59. The van der Waals surface area contributed by atoms with Crippen LogP contribution in [-0.4, -0.2) is 13.0 Å². The van der Waals surface area contributed by atoms with Crippen LogP contribution in [0.4, 0.5) is 0 Å². The van der Waals surface area contributed by atoms with E-state index in [1.807, 2.05) is 13.0 Å². The van der Waals surface area contributed by atoms with Crippen LogP contribution in [0.1, 0.15) is 77.0 Å². The Kier molecular flexibility index (Phi) is 7.48. The summed E-state index contributed by atoms with van der Waals surface area (Å²) in [5.74, 6) is 2.02. The molecule has 24 heavy (non-hydrogen) atoms. The third kappa shape index (κ3) is 5.89. The minimum absolute atomic E-state index is 0.0507. The molecule has 0 fully saturated rings. The molecule has 0 aliphatic carbocycles. The van der Waals surface area contributed by atoms with E-state index in [-0.39, 0.29) is 4.90 Å². The highest BCUT2D eigenvalue weighted by Gasteiger charge is 2.24. The Hall–Kier alpha value is -0.870. The van der Waals surface area contributed by atoms with E-state index in [0.29, 0.717) is 29.2 Å². The molecule has 0 aliphatic heterocycles. The topological polar surface area (TPSA) is 54.4 Å². The zero-order valence-corrected chi connectivity index (χ0v) is 17.1. The quantitative estimate of drug-likeness (QED) is 0.617. The van der Waals surface area contributed by atoms with Gasteiger partial charge in [-0.25, -0.2) is 0 Å². The molecule has 1 aromatic rings. The molecule has 0 radical (unpaired) electrons. The maximum absolute atomic E-state index is 11.7. The predicted molar refractivity (Wildman–Crippen MR) is 101 cm³/mol. The normalized spacial score (nSPS) is 12.8. The van der Waals surface area contributed by atoms with Crippen LogP contribution in [-0.2, 0) is 16.5 Å². The van der Waals surface area contributed by atoms with Gasteiger partial charge >= 0.3 is 0 Å². The second-order valence-electron chi connectivity index (χ2n) is 8.29. The third-order valence-corrected chi connectivity index (χ3v) is 5.43. The molecule has 3 nitrogen and oxygen atoms in total. The molecular formula is C20H34O3S. The van der Waals surface area contributed by atoms with E-state index < -0.39 is 10.1 Å². The predicted octanol–water partition coefficient (Wildman–Crippen LogP) is 5.62. The van der Waals surface area contributed by atoms with E-state index in [0.717, 1.165) is 24.8 Å². The maximum Gasteiger partial charge on any atom is 0.294 e. The van der Waals surface area contributed by atoms with Crippen molar-refractivity contribution in [2.45, 2.75) is 78.5 Å². The molecule has 0 saturated heterocycles. The molecule has 138 valence electrons. The largest absolute Gasteiger partial charge is 0.294 e. The molecule has 0 spiro atoms. The van der Waals surface area contributed by atoms with Gasteiger partial charge in [0.15, 0.2) is 0 Å². The Morgan fingerprint density at radius 3 is 1.79 bits per heavy atom. The molecule has 1 aromatic carbocycles. The number of rotatable bonds is 8. The van der Waals surface area contributed by atoms with Crippen molar-refractivity contribution in [3.8, 4) is 0 Å². The van der Waals surface area contributed by atoms with E-state index >= 15 is 0 Å². The van der Waals surface area contributed by atoms with Gasteiger partial charge in [0.2, 0.25) is 0 Å². The first-order valence-corrected chi connectivity index (χ1v) is 10.5. The summed E-state index contributed by atoms with van der Waals surface area (Å²) in [5.41, 5.74) is 3.07. The van der Waals surface area contributed by atoms with Gasteiger partial charge in [-0.15, -0.1) is 0 Å². The Morgan fingerprint density at radius 2 is 1.42 bits per heavy atom. The molecule has 1 rings (SSSR count). The highest BCUT2D eigenvalue weighted by Crippen LogP contribution is 2.36. The second-order valence-corrected chi connectivity index (χ2v) is 9.68. The molecule has 0 saturated carbocycles. The Morgan fingerprint density at radius 1 is 0.917 bits per heavy atom. The molecule has 0 aliphatic rings. The van der Waals surface area contributed by atoms with Crippen molar-refractivity contribution in [3.63, 3.8) is 0 Å². The van der Waals surface area contributed by atoms with Gasteiger partial charge in [0.25, 0.3) is 10.1 Å². The SMILES string of the molecule is Cc1c(S(=O)(=O)O)ccc(C(CC(C)C)CC(C)C)c1CC(C)C. The monoisotopic (exact) mass is 354 g/mol. The molecule has 0 heterocycles. The first-order valence-electron chi connectivity index (χ1n) is 9.03. The molecule has 1 N–H and O–H groups in total. The summed E-state index contributed by atoms with van der Waals surface area (Å²) in [5, 5.41) is 0. The summed E-state index contributed by atoms with van der Waals surface area (Å²) in [6.07, 6.45) is 3.01. The first kappa shape index (κ1) is 21.2. The smallest absolute Gasteiger partial charge is 0.282 e. The summed E-state index contributed by atoms with van der Waals surface area (Å²) in [6.45, 7) is 15.0. The lowest BCUT2D eigenvalue weighted by atomic mass is 9.79. The lowest BCUT2D eigenvalue weighted by Gasteiger charge is -2.26. The van der Waals surface area contributed by atoms with E-state index in [9.17, 15) is 13.0 Å². The van der Waals surface area contributed by atoms with Crippen molar-refractivity contribution >= 4 is 10.1 Å². The van der Waals surface area contributed by atoms with E-state index in [1.54, 1.807) is 6.07 Å². The fourth-order valence-corrected chi connectivity index (χ4v) is 4.34. The minimum atomic E-state index is -4.18. The average Bonchev–Trinajstić information content (AvgIpc) is 2.37. The van der Waals surface area contributed by atoms with Crippen LogP contribution in [0, 0.1) is 24.7 Å². The molecule has 0 unspecified atom stereocenters. The van der Waals surface area contributed by atoms with E-state index in [1.165, 1.54) is 5.56 Å². The molecular weight excluding hydrogens is 320 g/mol. The van der Waals surface area contributed by atoms with Gasteiger partial charge < -0.3 is 0 Å². The first-order chi connectivity index (χ1) is 10.9. The van der Waals surface area contributed by atoms with E-state index in [2.05, 4.69) is 41.5 Å². The van der Waals surface area contributed by atoms with Crippen molar-refractivity contribution in [1.29, 1.82) is 0 Å². The van der Waals surface area contributed by atoms with Crippen LogP contribution in [0.5, 0.6) is 0 Å². The molecule has 0 aromatic heterocycles. The third-order valence-electron chi connectivity index (χ3n) is 4.43. The summed E-state index contributed by atoms with van der Waals surface area (Å²) < 4.78 is 32.9. The van der Waals surface area contributed by atoms with Crippen LogP contribution < -0.4 is 0 Å². The molecule has 0 amide bonds. The zero-order valence-electron chi connectivity index (χ0n) is 16.3. The van der Waals surface area contributed by atoms with Crippen LogP contribution in [0.25, 0.3) is 0 Å². The van der Waals surface area contributed by atoms with Gasteiger partial charge in [0, 0.05) is 0 Å². The van der Waals surface area contributed by atoms with E-state index in [4.69, 9.17) is 0 Å². The van der Waals surface area contributed by atoms with Crippen LogP contribution in [0.2, 0.25) is 0 Å². The molecule has 0 bridgehead atoms. The summed E-state index contributed by atoms with van der Waals surface area (Å²) >= 11 is 0. The Labute approximate surface area is 148 Å². The van der Waals surface area contributed by atoms with Crippen molar-refractivity contribution in [2.75, 3.05) is 0 Å². The summed E-state index contributed by atoms with van der Waals surface area (Å²) in [7, 11) is -4.18. The lowest BCUT2D eigenvalue weighted by Crippen LogP contribution is -2.14. The number of hydrogen-bond donors (Lipinski definition) is 1. The standard InChI is InChI=1S/C20H34O3S/c1-13(2)10-17(11-14(3)4)18-8-9-20(24(21,22)23)16(7)19(18)12-15(5)6/h8-9,13-15,17H,10-12H2,1-7H3,(H,21,22,23). The lowest BCUT2D eigenvalue weighted by molar-refractivity contribution is 0.420. The average molecular weight is 355 g/mol. The van der Waals surface area contributed by atoms with Gasteiger partial charge in [-0.1, -0.05) is 47.6 Å². The second kappa shape index (κ2) is 8.48. The number of benzene rings is 1. The van der Waals surface area contributed by atoms with Crippen molar-refractivity contribution in [1.82, 2.24) is 0 Å².